The number of morpholine rings is 1. The number of nitrogens with two attached hydrogens (primary N) is 1. The van der Waals surface area contributed by atoms with Gasteiger partial charge in [-0.25, -0.2) is 0 Å². The van der Waals surface area contributed by atoms with Crippen molar-refractivity contribution in [1.29, 1.82) is 5.26 Å². The van der Waals surface area contributed by atoms with E-state index in [0.29, 0.717) is 24.9 Å². The van der Waals surface area contributed by atoms with Crippen molar-refractivity contribution in [2.75, 3.05) is 31.2 Å². The fourth-order valence-electron chi connectivity index (χ4n) is 1.73. The summed E-state index contributed by atoms with van der Waals surface area (Å²) in [7, 11) is 0. The molecule has 2 N–H and O–H groups in total. The lowest BCUT2D eigenvalue weighted by Gasteiger charge is -2.26. The zero-order valence-electron chi connectivity index (χ0n) is 10.1. The van der Waals surface area contributed by atoms with Crippen molar-refractivity contribution in [3.63, 3.8) is 0 Å². The Balaban J connectivity index is 2.26. The summed E-state index contributed by atoms with van der Waals surface area (Å²) in [6.07, 6.45) is 1.33. The molecule has 0 spiro atoms. The van der Waals surface area contributed by atoms with E-state index < -0.39 is 5.91 Å². The molecule has 0 aliphatic carbocycles. The van der Waals surface area contributed by atoms with Crippen LogP contribution in [0.3, 0.4) is 0 Å². The normalized spacial score (nSPS) is 16.2. The average Bonchev–Trinajstić information content (AvgIpc) is 2.77. The molecule has 6 nitrogen and oxygen atoms in total. The van der Waals surface area contributed by atoms with Crippen LogP contribution in [0.4, 0.5) is 5.88 Å². The highest BCUT2D eigenvalue weighted by Crippen LogP contribution is 2.31. The number of halogens is 1. The first-order valence-corrected chi connectivity index (χ1v) is 6.44. The molecule has 0 unspecified atom stereocenters. The molecule has 19 heavy (non-hydrogen) atoms. The van der Waals surface area contributed by atoms with Crippen LogP contribution in [0.2, 0.25) is 0 Å². The van der Waals surface area contributed by atoms with E-state index in [1.165, 1.54) is 6.08 Å². The lowest BCUT2D eigenvalue weighted by atomic mass is 10.2. The average molecular weight is 326 g/mol. The van der Waals surface area contributed by atoms with Crippen LogP contribution in [0.25, 0.3) is 6.08 Å². The number of carbonyl (C=O) groups is 1. The molecule has 100 valence electrons. The number of primary amides is 1. The molecule has 1 aromatic heterocycles. The van der Waals surface area contributed by atoms with Gasteiger partial charge in [0.05, 0.1) is 17.7 Å². The van der Waals surface area contributed by atoms with Crippen molar-refractivity contribution in [2.45, 2.75) is 0 Å². The highest BCUT2D eigenvalue weighted by Gasteiger charge is 2.18. The second-order valence-corrected chi connectivity index (χ2v) is 4.79. The van der Waals surface area contributed by atoms with Crippen LogP contribution in [-0.2, 0) is 9.53 Å². The molecular weight excluding hydrogens is 314 g/mol. The van der Waals surface area contributed by atoms with Crippen LogP contribution in [0.5, 0.6) is 0 Å². The van der Waals surface area contributed by atoms with Gasteiger partial charge in [-0.2, -0.15) is 5.26 Å². The lowest BCUT2D eigenvalue weighted by molar-refractivity contribution is -0.114. The zero-order valence-corrected chi connectivity index (χ0v) is 11.6. The van der Waals surface area contributed by atoms with E-state index in [-0.39, 0.29) is 5.57 Å². The minimum atomic E-state index is -0.775. The van der Waals surface area contributed by atoms with Crippen molar-refractivity contribution in [3.05, 3.63) is 21.9 Å². The fourth-order valence-corrected chi connectivity index (χ4v) is 2.29. The second kappa shape index (κ2) is 5.91. The number of hydrogen-bond acceptors (Lipinski definition) is 5. The van der Waals surface area contributed by atoms with Crippen LogP contribution in [-0.4, -0.2) is 32.2 Å². The predicted molar refractivity (Wildman–Crippen MR) is 72.2 cm³/mol. The van der Waals surface area contributed by atoms with E-state index in [0.717, 1.165) is 17.6 Å². The molecule has 0 bridgehead atoms. The molecule has 2 heterocycles. The van der Waals surface area contributed by atoms with Gasteiger partial charge in [-0.1, -0.05) is 0 Å². The second-order valence-electron chi connectivity index (χ2n) is 3.94. The van der Waals surface area contributed by atoms with Crippen molar-refractivity contribution in [1.82, 2.24) is 0 Å². The molecule has 0 saturated carbocycles. The van der Waals surface area contributed by atoms with Gasteiger partial charge in [0.1, 0.15) is 17.4 Å². The zero-order chi connectivity index (χ0) is 13.8. The van der Waals surface area contributed by atoms with Gasteiger partial charge >= 0.3 is 0 Å². The number of ether oxygens (including phenoxy) is 1. The third kappa shape index (κ3) is 3.16. The first kappa shape index (κ1) is 13.6. The number of carbonyl (C=O) groups excluding carboxylic acids is 1. The monoisotopic (exact) mass is 325 g/mol. The highest BCUT2D eigenvalue weighted by atomic mass is 79.9. The number of hydrogen-bond donors (Lipinski definition) is 1. The first-order valence-electron chi connectivity index (χ1n) is 5.65. The van der Waals surface area contributed by atoms with Crippen LogP contribution in [0.15, 0.2) is 20.5 Å². The Morgan fingerprint density at radius 2 is 2.21 bits per heavy atom. The number of furan rings is 1. The van der Waals surface area contributed by atoms with Gasteiger partial charge in [0, 0.05) is 25.2 Å². The van der Waals surface area contributed by atoms with Crippen molar-refractivity contribution >= 4 is 33.8 Å². The summed E-state index contributed by atoms with van der Waals surface area (Å²) in [6.45, 7) is 2.75. The summed E-state index contributed by atoms with van der Waals surface area (Å²) < 4.78 is 11.7. The van der Waals surface area contributed by atoms with Gasteiger partial charge < -0.3 is 19.8 Å². The molecule has 2 rings (SSSR count). The highest BCUT2D eigenvalue weighted by molar-refractivity contribution is 9.10. The molecule has 1 amide bonds. The maximum atomic E-state index is 11.0. The first-order chi connectivity index (χ1) is 9.11. The van der Waals surface area contributed by atoms with Crippen molar-refractivity contribution in [2.24, 2.45) is 5.73 Å². The maximum absolute atomic E-state index is 11.0. The standard InChI is InChI=1S/C12H12BrN3O3/c13-10-6-9(5-8(7-14)11(15)17)19-12(10)16-1-3-18-4-2-16/h5-6H,1-4H2,(H2,15,17). The van der Waals surface area contributed by atoms with Crippen molar-refractivity contribution < 1.29 is 13.9 Å². The molecule has 0 aromatic carbocycles. The molecule has 1 aliphatic rings. The summed E-state index contributed by atoms with van der Waals surface area (Å²) in [4.78, 5) is 13.0. The SMILES string of the molecule is N#CC(=Cc1cc(Br)c(N2CCOCC2)o1)C(N)=O. The Morgan fingerprint density at radius 3 is 2.79 bits per heavy atom. The van der Waals surface area contributed by atoms with Gasteiger partial charge in [-0.05, 0) is 15.9 Å². The minimum absolute atomic E-state index is 0.144. The van der Waals surface area contributed by atoms with Crippen molar-refractivity contribution in [3.8, 4) is 6.07 Å². The summed E-state index contributed by atoms with van der Waals surface area (Å²) >= 11 is 3.40. The fraction of sp³-hybridized carbons (Fsp3) is 0.333. The summed E-state index contributed by atoms with van der Waals surface area (Å²) in [5.74, 6) is 0.294. The van der Waals surface area contributed by atoms with Crippen LogP contribution >= 0.6 is 15.9 Å². The van der Waals surface area contributed by atoms with E-state index in [4.69, 9.17) is 20.1 Å². The lowest BCUT2D eigenvalue weighted by Crippen LogP contribution is -2.36. The maximum Gasteiger partial charge on any atom is 0.259 e. The quantitative estimate of drug-likeness (QED) is 0.667. The Hall–Kier alpha value is -1.78. The van der Waals surface area contributed by atoms with Gasteiger partial charge in [0.25, 0.3) is 5.91 Å². The minimum Gasteiger partial charge on any atom is -0.440 e. The Bertz CT molecular complexity index is 553. The number of rotatable bonds is 3. The molecule has 1 saturated heterocycles. The molecule has 0 atom stereocenters. The van der Waals surface area contributed by atoms with Crippen LogP contribution in [0, 0.1) is 11.3 Å². The molecule has 7 heteroatoms. The number of amides is 1. The summed E-state index contributed by atoms with van der Waals surface area (Å²) in [5.41, 5.74) is 4.93. The third-order valence-electron chi connectivity index (χ3n) is 2.66. The van der Waals surface area contributed by atoms with E-state index in [2.05, 4.69) is 15.9 Å². The van der Waals surface area contributed by atoms with Crippen LogP contribution < -0.4 is 10.6 Å². The molecule has 1 aliphatic heterocycles. The van der Waals surface area contributed by atoms with Gasteiger partial charge in [0.2, 0.25) is 5.88 Å². The molecule has 0 radical (unpaired) electrons. The Kier molecular flexibility index (Phi) is 4.24. The summed E-state index contributed by atoms with van der Waals surface area (Å²) in [5, 5.41) is 8.78. The van der Waals surface area contributed by atoms with Gasteiger partial charge in [-0.15, -0.1) is 0 Å². The van der Waals surface area contributed by atoms with E-state index in [9.17, 15) is 4.79 Å². The Morgan fingerprint density at radius 1 is 1.53 bits per heavy atom. The Labute approximate surface area is 118 Å². The number of anilines is 1. The van der Waals surface area contributed by atoms with Crippen LogP contribution in [0.1, 0.15) is 5.76 Å². The predicted octanol–water partition coefficient (Wildman–Crippen LogP) is 1.27. The largest absolute Gasteiger partial charge is 0.440 e. The number of nitrogens with zero attached hydrogens (tertiary/aromatic N) is 2. The third-order valence-corrected chi connectivity index (χ3v) is 3.23. The van der Waals surface area contributed by atoms with E-state index >= 15 is 0 Å². The smallest absolute Gasteiger partial charge is 0.259 e. The van der Waals surface area contributed by atoms with Gasteiger partial charge in [0.15, 0.2) is 0 Å². The summed E-state index contributed by atoms with van der Waals surface area (Å²) in [6, 6.07) is 3.44. The molecule has 1 aromatic rings. The van der Waals surface area contributed by atoms with E-state index in [1.807, 2.05) is 4.90 Å². The molecule has 1 fully saturated rings. The topological polar surface area (TPSA) is 92.5 Å². The number of nitriles is 1. The molecular formula is C12H12BrN3O3. The van der Waals surface area contributed by atoms with E-state index in [1.54, 1.807) is 12.1 Å². The van der Waals surface area contributed by atoms with Gasteiger partial charge in [-0.3, -0.25) is 4.79 Å².